The maximum Gasteiger partial charge on any atom is 0.338 e. The number of hydrogen-bond donors (Lipinski definition) is 0. The van der Waals surface area contributed by atoms with Crippen LogP contribution < -0.4 is 0 Å². The van der Waals surface area contributed by atoms with E-state index in [0.717, 1.165) is 15.6 Å². The van der Waals surface area contributed by atoms with Gasteiger partial charge in [0, 0.05) is 17.6 Å². The zero-order valence-electron chi connectivity index (χ0n) is 16.1. The summed E-state index contributed by atoms with van der Waals surface area (Å²) in [5.74, 6) is -0.557. The van der Waals surface area contributed by atoms with Gasteiger partial charge in [-0.15, -0.1) is 0 Å². The van der Waals surface area contributed by atoms with Gasteiger partial charge in [-0.1, -0.05) is 58.4 Å². The maximum absolute atomic E-state index is 13.2. The minimum Gasteiger partial charge on any atom is -0.457 e. The molecule has 0 aromatic heterocycles. The molecule has 0 radical (unpaired) electrons. The topological polar surface area (TPSA) is 63.7 Å². The van der Waals surface area contributed by atoms with Crippen LogP contribution in [0.15, 0.2) is 82.2 Å². The summed E-state index contributed by atoms with van der Waals surface area (Å²) in [7, 11) is -3.71. The Labute approximate surface area is 184 Å². The van der Waals surface area contributed by atoms with Crippen molar-refractivity contribution < 1.29 is 17.9 Å². The molecule has 154 valence electrons. The Hall–Kier alpha value is -2.48. The molecule has 7 heteroatoms. The van der Waals surface area contributed by atoms with E-state index in [4.69, 9.17) is 4.74 Å². The molecule has 0 saturated carbocycles. The Balaban J connectivity index is 1.49. The third kappa shape index (κ3) is 4.48. The van der Waals surface area contributed by atoms with Crippen molar-refractivity contribution in [1.29, 1.82) is 0 Å². The van der Waals surface area contributed by atoms with E-state index in [1.807, 2.05) is 48.5 Å². The van der Waals surface area contributed by atoms with Crippen LogP contribution in [0.25, 0.3) is 0 Å². The summed E-state index contributed by atoms with van der Waals surface area (Å²) in [5, 5.41) is 0. The van der Waals surface area contributed by atoms with Crippen molar-refractivity contribution in [2.75, 3.05) is 6.54 Å². The summed E-state index contributed by atoms with van der Waals surface area (Å²) < 4.78 is 34.1. The predicted octanol–water partition coefficient (Wildman–Crippen LogP) is 4.55. The third-order valence-corrected chi connectivity index (χ3v) is 7.46. The van der Waals surface area contributed by atoms with Gasteiger partial charge in [0.2, 0.25) is 10.0 Å². The Kier molecular flexibility index (Phi) is 6.04. The second kappa shape index (κ2) is 8.71. The summed E-state index contributed by atoms with van der Waals surface area (Å²) in [6.07, 6.45) is 0.671. The van der Waals surface area contributed by atoms with Crippen LogP contribution in [0.4, 0.5) is 0 Å². The lowest BCUT2D eigenvalue weighted by molar-refractivity contribution is 0.0472. The van der Waals surface area contributed by atoms with Gasteiger partial charge in [-0.2, -0.15) is 4.31 Å². The lowest BCUT2D eigenvalue weighted by Gasteiger charge is -2.28. The number of ether oxygens (including phenoxy) is 1. The monoisotopic (exact) mass is 485 g/mol. The molecule has 0 bridgehead atoms. The highest BCUT2D eigenvalue weighted by atomic mass is 79.9. The molecular weight excluding hydrogens is 466 g/mol. The second-order valence-corrected chi connectivity index (χ2v) is 9.94. The van der Waals surface area contributed by atoms with Gasteiger partial charge < -0.3 is 4.74 Å². The van der Waals surface area contributed by atoms with Crippen LogP contribution in [-0.4, -0.2) is 25.2 Å². The molecule has 0 N–H and O–H groups in total. The van der Waals surface area contributed by atoms with Crippen molar-refractivity contribution in [2.45, 2.75) is 24.5 Å². The van der Waals surface area contributed by atoms with Crippen LogP contribution in [-0.2, 0) is 34.3 Å². The molecule has 3 aromatic carbocycles. The summed E-state index contributed by atoms with van der Waals surface area (Å²) in [4.78, 5) is 12.6. The van der Waals surface area contributed by atoms with Crippen LogP contribution in [0, 0.1) is 0 Å². The van der Waals surface area contributed by atoms with Crippen LogP contribution in [0.1, 0.15) is 27.0 Å². The van der Waals surface area contributed by atoms with Crippen molar-refractivity contribution in [2.24, 2.45) is 0 Å². The molecule has 1 aliphatic heterocycles. The molecule has 0 saturated heterocycles. The highest BCUT2D eigenvalue weighted by Gasteiger charge is 2.28. The van der Waals surface area contributed by atoms with E-state index in [-0.39, 0.29) is 17.1 Å². The molecule has 1 heterocycles. The van der Waals surface area contributed by atoms with Gasteiger partial charge in [-0.3, -0.25) is 0 Å². The first kappa shape index (κ1) is 20.8. The zero-order valence-corrected chi connectivity index (χ0v) is 18.5. The van der Waals surface area contributed by atoms with Gasteiger partial charge >= 0.3 is 5.97 Å². The summed E-state index contributed by atoms with van der Waals surface area (Å²) in [6.45, 7) is 0.861. The highest BCUT2D eigenvalue weighted by Crippen LogP contribution is 2.25. The van der Waals surface area contributed by atoms with E-state index in [9.17, 15) is 13.2 Å². The molecule has 0 fully saturated rings. The number of benzene rings is 3. The number of carbonyl (C=O) groups excluding carboxylic acids is 1. The number of esters is 1. The fourth-order valence-corrected chi connectivity index (χ4v) is 5.15. The maximum atomic E-state index is 13.2. The van der Waals surface area contributed by atoms with Gasteiger partial charge in [0.25, 0.3) is 0 Å². The molecule has 0 atom stereocenters. The first-order valence-electron chi connectivity index (χ1n) is 9.52. The van der Waals surface area contributed by atoms with Crippen LogP contribution in [0.5, 0.6) is 0 Å². The van der Waals surface area contributed by atoms with Crippen LogP contribution >= 0.6 is 15.9 Å². The quantitative estimate of drug-likeness (QED) is 0.497. The molecule has 0 aliphatic carbocycles. The van der Waals surface area contributed by atoms with E-state index < -0.39 is 16.0 Å². The Bertz CT molecular complexity index is 1180. The van der Waals surface area contributed by atoms with Gasteiger partial charge in [-0.05, 0) is 53.4 Å². The molecule has 0 spiro atoms. The Morgan fingerprint density at radius 3 is 2.47 bits per heavy atom. The molecule has 0 unspecified atom stereocenters. The van der Waals surface area contributed by atoms with E-state index >= 15 is 0 Å². The van der Waals surface area contributed by atoms with E-state index in [2.05, 4.69) is 15.9 Å². The second-order valence-electron chi connectivity index (χ2n) is 7.09. The van der Waals surface area contributed by atoms with E-state index in [1.54, 1.807) is 12.1 Å². The van der Waals surface area contributed by atoms with E-state index in [1.165, 1.54) is 22.0 Å². The predicted molar refractivity (Wildman–Crippen MR) is 117 cm³/mol. The smallest absolute Gasteiger partial charge is 0.338 e. The fraction of sp³-hybridized carbons (Fsp3) is 0.174. The molecule has 1 aliphatic rings. The SMILES string of the molecule is O=C(OCc1ccc(Br)cc1)c1cccc(S(=O)(=O)N2CCc3ccccc3C2)c1. The molecule has 30 heavy (non-hydrogen) atoms. The number of carbonyl (C=O) groups is 1. The molecule has 0 amide bonds. The van der Waals surface area contributed by atoms with Gasteiger partial charge in [0.1, 0.15) is 6.61 Å². The van der Waals surface area contributed by atoms with Crippen molar-refractivity contribution in [3.63, 3.8) is 0 Å². The first-order chi connectivity index (χ1) is 14.4. The fourth-order valence-electron chi connectivity index (χ4n) is 3.42. The highest BCUT2D eigenvalue weighted by molar-refractivity contribution is 9.10. The van der Waals surface area contributed by atoms with Crippen molar-refractivity contribution >= 4 is 31.9 Å². The lowest BCUT2D eigenvalue weighted by atomic mass is 10.0. The number of fused-ring (bicyclic) bond motifs is 1. The standard InChI is InChI=1S/C23H20BrNO4S/c24-21-10-8-17(9-11-21)16-29-23(26)19-6-3-7-22(14-19)30(27,28)25-13-12-18-4-1-2-5-20(18)15-25/h1-11,14H,12-13,15-16H2. The van der Waals surface area contributed by atoms with Gasteiger partial charge in [0.15, 0.2) is 0 Å². The minimum absolute atomic E-state index is 0.0972. The normalized spacial score (nSPS) is 14.2. The van der Waals surface area contributed by atoms with Crippen molar-refractivity contribution in [1.82, 2.24) is 4.31 Å². The van der Waals surface area contributed by atoms with Crippen molar-refractivity contribution in [3.05, 3.63) is 99.5 Å². The van der Waals surface area contributed by atoms with Crippen molar-refractivity contribution in [3.8, 4) is 0 Å². The summed E-state index contributed by atoms with van der Waals surface area (Å²) >= 11 is 3.36. The van der Waals surface area contributed by atoms with E-state index in [0.29, 0.717) is 19.5 Å². The first-order valence-corrected chi connectivity index (χ1v) is 11.8. The number of nitrogens with zero attached hydrogens (tertiary/aromatic N) is 1. The summed E-state index contributed by atoms with van der Waals surface area (Å²) in [6, 6.07) is 21.3. The lowest BCUT2D eigenvalue weighted by Crippen LogP contribution is -2.36. The summed E-state index contributed by atoms with van der Waals surface area (Å²) in [5.41, 5.74) is 3.25. The average Bonchev–Trinajstić information content (AvgIpc) is 2.78. The Morgan fingerprint density at radius 2 is 1.70 bits per heavy atom. The largest absolute Gasteiger partial charge is 0.457 e. The van der Waals surface area contributed by atoms with Gasteiger partial charge in [0.05, 0.1) is 10.5 Å². The third-order valence-electron chi connectivity index (χ3n) is 5.09. The minimum atomic E-state index is -3.71. The van der Waals surface area contributed by atoms with Crippen LogP contribution in [0.3, 0.4) is 0 Å². The van der Waals surface area contributed by atoms with Gasteiger partial charge in [-0.25, -0.2) is 13.2 Å². The molecular formula is C23H20BrNO4S. The average molecular weight is 486 g/mol. The molecule has 5 nitrogen and oxygen atoms in total. The van der Waals surface area contributed by atoms with Crippen LogP contribution in [0.2, 0.25) is 0 Å². The number of hydrogen-bond acceptors (Lipinski definition) is 4. The molecule has 3 aromatic rings. The Morgan fingerprint density at radius 1 is 0.967 bits per heavy atom. The number of sulfonamides is 1. The number of halogens is 1. The zero-order chi connectivity index (χ0) is 21.1. The number of rotatable bonds is 5. The molecule has 4 rings (SSSR count).